The van der Waals surface area contributed by atoms with Gasteiger partial charge in [0.15, 0.2) is 12.1 Å². The van der Waals surface area contributed by atoms with Crippen LogP contribution in [0.2, 0.25) is 0 Å². The Kier molecular flexibility index (Phi) is 5.33. The third kappa shape index (κ3) is 2.89. The summed E-state index contributed by atoms with van der Waals surface area (Å²) in [7, 11) is 2.57. The van der Waals surface area contributed by atoms with Crippen molar-refractivity contribution in [3.05, 3.63) is 65.7 Å². The molecule has 0 radical (unpaired) electrons. The van der Waals surface area contributed by atoms with E-state index in [9.17, 15) is 19.8 Å². The molecule has 1 unspecified atom stereocenters. The molecule has 24 heavy (non-hydrogen) atoms. The van der Waals surface area contributed by atoms with Gasteiger partial charge in [-0.25, -0.2) is 0 Å². The summed E-state index contributed by atoms with van der Waals surface area (Å²) in [5, 5.41) is 19.9. The fourth-order valence-corrected chi connectivity index (χ4v) is 2.55. The Morgan fingerprint density at radius 3 is 2.00 bits per heavy atom. The fourth-order valence-electron chi connectivity index (χ4n) is 2.55. The van der Waals surface area contributed by atoms with E-state index in [0.717, 1.165) is 7.11 Å². The Bertz CT molecular complexity index is 708. The van der Waals surface area contributed by atoms with Crippen LogP contribution in [0.5, 0.6) is 5.75 Å². The second kappa shape index (κ2) is 7.25. The van der Waals surface area contributed by atoms with Gasteiger partial charge in [0.05, 0.1) is 14.2 Å². The van der Waals surface area contributed by atoms with Crippen LogP contribution in [0.15, 0.2) is 54.6 Å². The zero-order chi connectivity index (χ0) is 17.7. The summed E-state index contributed by atoms with van der Waals surface area (Å²) in [5.41, 5.74) is -2.02. The summed E-state index contributed by atoms with van der Waals surface area (Å²) in [6, 6.07) is 13.8. The first-order chi connectivity index (χ1) is 11.5. The number of Topliss-reactive ketones (excluding diaryl/α,β-unsaturated/α-hetero) is 1. The van der Waals surface area contributed by atoms with E-state index in [1.807, 2.05) is 0 Å². The van der Waals surface area contributed by atoms with Crippen molar-refractivity contribution in [2.45, 2.75) is 11.7 Å². The van der Waals surface area contributed by atoms with Crippen LogP contribution in [0.4, 0.5) is 0 Å². The molecule has 6 nitrogen and oxygen atoms in total. The predicted molar refractivity (Wildman–Crippen MR) is 85.7 cm³/mol. The number of benzene rings is 2. The minimum Gasteiger partial charge on any atom is -0.497 e. The zero-order valence-electron chi connectivity index (χ0n) is 13.3. The molecule has 0 amide bonds. The molecule has 0 spiro atoms. The highest BCUT2D eigenvalue weighted by molar-refractivity contribution is 6.17. The SMILES string of the molecule is COC(=O)C(C(=O)c1ccc(OC)cc1)(c1ccccc1)C(O)O. The molecular weight excluding hydrogens is 312 g/mol. The second-order valence-electron chi connectivity index (χ2n) is 5.10. The Morgan fingerprint density at radius 1 is 0.958 bits per heavy atom. The molecule has 0 fully saturated rings. The van der Waals surface area contributed by atoms with Crippen molar-refractivity contribution in [2.75, 3.05) is 14.2 Å². The zero-order valence-corrected chi connectivity index (χ0v) is 13.3. The van der Waals surface area contributed by atoms with Crippen LogP contribution >= 0.6 is 0 Å². The quantitative estimate of drug-likeness (QED) is 0.359. The highest BCUT2D eigenvalue weighted by atomic mass is 16.5. The van der Waals surface area contributed by atoms with Crippen molar-refractivity contribution in [1.29, 1.82) is 0 Å². The Balaban J connectivity index is 2.64. The maximum Gasteiger partial charge on any atom is 0.329 e. The van der Waals surface area contributed by atoms with Gasteiger partial charge in [-0.05, 0) is 29.8 Å². The van der Waals surface area contributed by atoms with E-state index in [1.54, 1.807) is 30.3 Å². The number of ether oxygens (including phenoxy) is 2. The molecular formula is C18H18O6. The number of aliphatic hydroxyl groups excluding tert-OH is 1. The lowest BCUT2D eigenvalue weighted by Crippen LogP contribution is -2.53. The number of carbonyl (C=O) groups is 2. The Hall–Kier alpha value is -2.70. The summed E-state index contributed by atoms with van der Waals surface area (Å²) >= 11 is 0. The van der Waals surface area contributed by atoms with Crippen molar-refractivity contribution < 1.29 is 29.3 Å². The summed E-state index contributed by atoms with van der Waals surface area (Å²) in [6.45, 7) is 0. The van der Waals surface area contributed by atoms with Crippen LogP contribution in [0.1, 0.15) is 15.9 Å². The molecule has 0 aliphatic heterocycles. The minimum atomic E-state index is -2.28. The van der Waals surface area contributed by atoms with Crippen LogP contribution in [0.25, 0.3) is 0 Å². The molecule has 0 heterocycles. The molecule has 1 atom stereocenters. The molecule has 126 valence electrons. The minimum absolute atomic E-state index is 0.123. The predicted octanol–water partition coefficient (Wildman–Crippen LogP) is 1.30. The normalized spacial score (nSPS) is 13.2. The number of rotatable bonds is 6. The van der Waals surface area contributed by atoms with E-state index in [2.05, 4.69) is 0 Å². The molecule has 6 heteroatoms. The second-order valence-corrected chi connectivity index (χ2v) is 5.10. The van der Waals surface area contributed by atoms with E-state index in [4.69, 9.17) is 9.47 Å². The van der Waals surface area contributed by atoms with E-state index in [1.165, 1.54) is 31.4 Å². The smallest absolute Gasteiger partial charge is 0.329 e. The van der Waals surface area contributed by atoms with Gasteiger partial charge in [0.2, 0.25) is 5.41 Å². The van der Waals surface area contributed by atoms with Crippen molar-refractivity contribution in [2.24, 2.45) is 0 Å². The number of hydrogen-bond donors (Lipinski definition) is 2. The monoisotopic (exact) mass is 330 g/mol. The van der Waals surface area contributed by atoms with Gasteiger partial charge >= 0.3 is 5.97 Å². The lowest BCUT2D eigenvalue weighted by atomic mass is 9.73. The van der Waals surface area contributed by atoms with Gasteiger partial charge in [-0.15, -0.1) is 0 Å². The highest BCUT2D eigenvalue weighted by Gasteiger charge is 2.54. The molecule has 0 bridgehead atoms. The van der Waals surface area contributed by atoms with Crippen molar-refractivity contribution in [3.63, 3.8) is 0 Å². The maximum absolute atomic E-state index is 13.0. The molecule has 0 aliphatic carbocycles. The number of hydrogen-bond acceptors (Lipinski definition) is 6. The van der Waals surface area contributed by atoms with Crippen LogP contribution in [0, 0.1) is 0 Å². The molecule has 0 saturated heterocycles. The molecule has 0 saturated carbocycles. The largest absolute Gasteiger partial charge is 0.497 e. The molecule has 2 rings (SSSR count). The van der Waals surface area contributed by atoms with Gasteiger partial charge in [-0.1, -0.05) is 30.3 Å². The Morgan fingerprint density at radius 2 is 1.54 bits per heavy atom. The van der Waals surface area contributed by atoms with E-state index in [0.29, 0.717) is 5.75 Å². The number of carbonyl (C=O) groups excluding carboxylic acids is 2. The molecule has 0 aromatic heterocycles. The third-order valence-corrected chi connectivity index (χ3v) is 3.83. The van der Waals surface area contributed by atoms with Crippen LogP contribution in [-0.4, -0.2) is 42.5 Å². The standard InChI is InChI=1S/C18H18O6/c1-23-14-10-8-12(9-11-14)15(19)18(16(20)21,17(22)24-2)13-6-4-3-5-7-13/h3-11,16,20-21H,1-2H3. The van der Waals surface area contributed by atoms with Gasteiger partial charge in [0, 0.05) is 5.56 Å². The van der Waals surface area contributed by atoms with Crippen molar-refractivity contribution in [3.8, 4) is 5.75 Å². The van der Waals surface area contributed by atoms with E-state index >= 15 is 0 Å². The third-order valence-electron chi connectivity index (χ3n) is 3.83. The van der Waals surface area contributed by atoms with Crippen molar-refractivity contribution in [1.82, 2.24) is 0 Å². The molecule has 2 aromatic rings. The van der Waals surface area contributed by atoms with Crippen molar-refractivity contribution >= 4 is 11.8 Å². The summed E-state index contributed by atoms with van der Waals surface area (Å²) < 4.78 is 9.75. The molecule has 0 aliphatic rings. The first-order valence-electron chi connectivity index (χ1n) is 7.17. The maximum atomic E-state index is 13.0. The summed E-state index contributed by atoms with van der Waals surface area (Å²) in [4.78, 5) is 25.5. The number of esters is 1. The van der Waals surface area contributed by atoms with E-state index < -0.39 is 23.5 Å². The average molecular weight is 330 g/mol. The fraction of sp³-hybridized carbons (Fsp3) is 0.222. The Labute approximate surface area is 139 Å². The number of ketones is 1. The van der Waals surface area contributed by atoms with Gasteiger partial charge in [-0.2, -0.15) is 0 Å². The van der Waals surface area contributed by atoms with Gasteiger partial charge in [0.25, 0.3) is 0 Å². The van der Waals surface area contributed by atoms with Crippen LogP contribution in [0.3, 0.4) is 0 Å². The molecule has 2 N–H and O–H groups in total. The van der Waals surface area contributed by atoms with Gasteiger partial charge < -0.3 is 19.7 Å². The highest BCUT2D eigenvalue weighted by Crippen LogP contribution is 2.33. The van der Waals surface area contributed by atoms with Crippen LogP contribution < -0.4 is 4.74 Å². The average Bonchev–Trinajstić information content (AvgIpc) is 2.62. The van der Waals surface area contributed by atoms with Gasteiger partial charge in [0.1, 0.15) is 5.75 Å². The topological polar surface area (TPSA) is 93.1 Å². The van der Waals surface area contributed by atoms with Crippen LogP contribution in [-0.2, 0) is 14.9 Å². The van der Waals surface area contributed by atoms with E-state index in [-0.39, 0.29) is 11.1 Å². The molecule has 2 aromatic carbocycles. The first-order valence-corrected chi connectivity index (χ1v) is 7.17. The number of methoxy groups -OCH3 is 2. The lowest BCUT2D eigenvalue weighted by Gasteiger charge is -2.31. The summed E-state index contributed by atoms with van der Waals surface area (Å²) in [6.07, 6.45) is -2.28. The van der Waals surface area contributed by atoms with Gasteiger partial charge in [-0.3, -0.25) is 9.59 Å². The first kappa shape index (κ1) is 17.7. The number of aliphatic hydroxyl groups is 2. The lowest BCUT2D eigenvalue weighted by molar-refractivity contribution is -0.162. The summed E-state index contributed by atoms with van der Waals surface area (Å²) in [5.74, 6) is -1.30.